The highest BCUT2D eigenvalue weighted by Gasteiger charge is 2.48. The minimum atomic E-state index is -1.05. The van der Waals surface area contributed by atoms with Gasteiger partial charge in [0.15, 0.2) is 16.6 Å². The Labute approximate surface area is 216 Å². The maximum absolute atomic E-state index is 13.4. The van der Waals surface area contributed by atoms with E-state index in [1.54, 1.807) is 24.3 Å². The second kappa shape index (κ2) is 8.95. The molecule has 1 atom stereocenters. The third kappa shape index (κ3) is 3.93. The van der Waals surface area contributed by atoms with Crippen LogP contribution in [0.4, 0.5) is 5.13 Å². The lowest BCUT2D eigenvalue weighted by Gasteiger charge is -2.24. The van der Waals surface area contributed by atoms with Crippen molar-refractivity contribution in [2.75, 3.05) is 12.0 Å². The number of fused-ring (bicyclic) bond motifs is 1. The number of aliphatic hydroxyl groups excluding tert-OH is 1. The molecule has 0 aliphatic carbocycles. The Morgan fingerprint density at radius 3 is 2.63 bits per heavy atom. The van der Waals surface area contributed by atoms with Crippen LogP contribution in [0.3, 0.4) is 0 Å². The summed E-state index contributed by atoms with van der Waals surface area (Å²) in [6, 6.07) is 10.2. The summed E-state index contributed by atoms with van der Waals surface area (Å²) in [6.07, 6.45) is 2.94. The molecule has 1 saturated heterocycles. The van der Waals surface area contributed by atoms with E-state index in [9.17, 15) is 19.8 Å². The van der Waals surface area contributed by atoms with Crippen LogP contribution < -0.4 is 9.64 Å². The normalized spacial score (nSPS) is 17.3. The van der Waals surface area contributed by atoms with Gasteiger partial charge in [-0.3, -0.25) is 19.5 Å². The highest BCUT2D eigenvalue weighted by atomic mass is 79.9. The van der Waals surface area contributed by atoms with Gasteiger partial charge in [-0.25, -0.2) is 4.98 Å². The Balaban J connectivity index is 1.78. The molecule has 1 fully saturated rings. The molecule has 3 heterocycles. The number of rotatable bonds is 4. The Morgan fingerprint density at radius 1 is 1.17 bits per heavy atom. The molecule has 2 N–H and O–H groups in total. The lowest BCUT2D eigenvalue weighted by molar-refractivity contribution is -0.132. The number of phenolic OH excluding ortho intramolecular Hbond substituents is 1. The Hall–Kier alpha value is -3.47. The van der Waals surface area contributed by atoms with Gasteiger partial charge >= 0.3 is 5.91 Å². The Morgan fingerprint density at radius 2 is 1.91 bits per heavy atom. The number of pyridine rings is 1. The molecule has 5 rings (SSSR count). The topological polar surface area (TPSA) is 113 Å². The summed E-state index contributed by atoms with van der Waals surface area (Å²) in [6.45, 7) is 0. The van der Waals surface area contributed by atoms with Gasteiger partial charge in [-0.05, 0) is 64.0 Å². The highest BCUT2D eigenvalue weighted by molar-refractivity contribution is 9.10. The van der Waals surface area contributed by atoms with Gasteiger partial charge in [-0.2, -0.15) is 0 Å². The van der Waals surface area contributed by atoms with Gasteiger partial charge in [0.2, 0.25) is 0 Å². The molecule has 1 aliphatic rings. The SMILES string of the molecule is COc1cc(C2/C(=C(\O)c3ccncc3)C(=O)C(=O)N2c2nc3ccc(Cl)cc3s2)cc(Br)c1O. The van der Waals surface area contributed by atoms with Crippen LogP contribution in [0.2, 0.25) is 5.02 Å². The van der Waals surface area contributed by atoms with E-state index in [0.29, 0.717) is 21.7 Å². The number of aromatic nitrogens is 2. The quantitative estimate of drug-likeness (QED) is 0.190. The van der Waals surface area contributed by atoms with Crippen LogP contribution in [0.1, 0.15) is 17.2 Å². The van der Waals surface area contributed by atoms with Crippen LogP contribution >= 0.6 is 38.9 Å². The standard InChI is InChI=1S/C24H15BrClN3O5S/c1-34-16-9-12(8-14(25)21(16)31)19-18(20(30)11-4-6-27-7-5-11)22(32)23(33)29(19)24-28-15-3-2-13(26)10-17(15)35-24/h2-10,19,30-31H,1H3/b20-18+. The summed E-state index contributed by atoms with van der Waals surface area (Å²) in [7, 11) is 1.39. The van der Waals surface area contributed by atoms with Crippen molar-refractivity contribution in [2.24, 2.45) is 0 Å². The summed E-state index contributed by atoms with van der Waals surface area (Å²) in [5, 5.41) is 22.2. The Kier molecular flexibility index (Phi) is 5.96. The number of hydrogen-bond acceptors (Lipinski definition) is 8. The van der Waals surface area contributed by atoms with Crippen molar-refractivity contribution < 1.29 is 24.5 Å². The minimum Gasteiger partial charge on any atom is -0.507 e. The first-order valence-electron chi connectivity index (χ1n) is 10.1. The lowest BCUT2D eigenvalue weighted by atomic mass is 9.95. The van der Waals surface area contributed by atoms with Crippen molar-refractivity contribution in [3.8, 4) is 11.5 Å². The van der Waals surface area contributed by atoms with Gasteiger partial charge in [-0.15, -0.1) is 0 Å². The first-order valence-corrected chi connectivity index (χ1v) is 12.1. The van der Waals surface area contributed by atoms with E-state index in [4.69, 9.17) is 16.3 Å². The van der Waals surface area contributed by atoms with E-state index < -0.39 is 17.7 Å². The zero-order valence-electron chi connectivity index (χ0n) is 17.9. The number of halogens is 2. The average Bonchev–Trinajstić information content (AvgIpc) is 3.38. The van der Waals surface area contributed by atoms with Gasteiger partial charge in [0.05, 0.1) is 33.4 Å². The van der Waals surface area contributed by atoms with Gasteiger partial charge in [0.1, 0.15) is 5.76 Å². The van der Waals surface area contributed by atoms with Crippen LogP contribution in [-0.2, 0) is 9.59 Å². The molecule has 0 spiro atoms. The molecule has 1 unspecified atom stereocenters. The van der Waals surface area contributed by atoms with Crippen LogP contribution in [0.25, 0.3) is 16.0 Å². The van der Waals surface area contributed by atoms with Gasteiger partial charge in [-0.1, -0.05) is 22.9 Å². The first kappa shape index (κ1) is 23.3. The van der Waals surface area contributed by atoms with Crippen molar-refractivity contribution in [1.82, 2.24) is 9.97 Å². The Bertz CT molecular complexity index is 1540. The number of hydrogen-bond donors (Lipinski definition) is 2. The molecular weight excluding hydrogens is 558 g/mol. The number of ether oxygens (including phenoxy) is 1. The molecule has 2 aromatic heterocycles. The fourth-order valence-corrected chi connectivity index (χ4v) is 5.64. The third-order valence-electron chi connectivity index (χ3n) is 5.53. The molecular formula is C24H15BrClN3O5S. The molecule has 2 aromatic carbocycles. The maximum Gasteiger partial charge on any atom is 0.301 e. The molecule has 0 radical (unpaired) electrons. The maximum atomic E-state index is 13.4. The minimum absolute atomic E-state index is 0.125. The summed E-state index contributed by atoms with van der Waals surface area (Å²) >= 11 is 10.6. The first-order chi connectivity index (χ1) is 16.8. The van der Waals surface area contributed by atoms with Crippen LogP contribution in [0.5, 0.6) is 11.5 Å². The number of anilines is 1. The summed E-state index contributed by atoms with van der Waals surface area (Å²) in [5.41, 5.74) is 1.22. The molecule has 35 heavy (non-hydrogen) atoms. The number of aliphatic hydroxyl groups is 1. The number of benzene rings is 2. The van der Waals surface area contributed by atoms with E-state index in [-0.39, 0.29) is 32.4 Å². The molecule has 0 bridgehead atoms. The summed E-state index contributed by atoms with van der Waals surface area (Å²) in [5.74, 6) is -2.09. The summed E-state index contributed by atoms with van der Waals surface area (Å²) in [4.78, 5) is 36.4. The predicted octanol–water partition coefficient (Wildman–Crippen LogP) is 5.45. The van der Waals surface area contributed by atoms with Gasteiger partial charge < -0.3 is 14.9 Å². The number of carbonyl (C=O) groups is 2. The molecule has 1 amide bonds. The van der Waals surface area contributed by atoms with E-state index in [0.717, 1.165) is 4.70 Å². The summed E-state index contributed by atoms with van der Waals surface area (Å²) < 4.78 is 6.30. The number of Topliss-reactive ketones (excluding diaryl/α,β-unsaturated/α-hetero) is 1. The number of methoxy groups -OCH3 is 1. The molecule has 1 aliphatic heterocycles. The molecule has 4 aromatic rings. The van der Waals surface area contributed by atoms with Crippen LogP contribution in [-0.4, -0.2) is 39.0 Å². The molecule has 0 saturated carbocycles. The van der Waals surface area contributed by atoms with Crippen LogP contribution in [0.15, 0.2) is 64.9 Å². The zero-order chi connectivity index (χ0) is 24.9. The number of amides is 1. The number of thiazole rings is 1. The molecule has 176 valence electrons. The average molecular weight is 573 g/mol. The van der Waals surface area contributed by atoms with Crippen molar-refractivity contribution in [3.05, 3.63) is 81.1 Å². The third-order valence-corrected chi connectivity index (χ3v) is 7.39. The number of ketones is 1. The smallest absolute Gasteiger partial charge is 0.301 e. The predicted molar refractivity (Wildman–Crippen MR) is 136 cm³/mol. The van der Waals surface area contributed by atoms with E-state index >= 15 is 0 Å². The molecule has 8 nitrogen and oxygen atoms in total. The number of nitrogens with zero attached hydrogens (tertiary/aromatic N) is 3. The highest BCUT2D eigenvalue weighted by Crippen LogP contribution is 2.47. The zero-order valence-corrected chi connectivity index (χ0v) is 21.1. The largest absolute Gasteiger partial charge is 0.507 e. The molecule has 11 heteroatoms. The van der Waals surface area contributed by atoms with Crippen LogP contribution in [0, 0.1) is 0 Å². The van der Waals surface area contributed by atoms with Gasteiger partial charge in [0.25, 0.3) is 5.78 Å². The fourth-order valence-electron chi connectivity index (χ4n) is 3.91. The van der Waals surface area contributed by atoms with Crippen molar-refractivity contribution in [2.45, 2.75) is 6.04 Å². The van der Waals surface area contributed by atoms with E-state index in [1.807, 2.05) is 0 Å². The van der Waals surface area contributed by atoms with E-state index in [2.05, 4.69) is 25.9 Å². The van der Waals surface area contributed by atoms with Gasteiger partial charge in [0, 0.05) is 23.0 Å². The fraction of sp³-hybridized carbons (Fsp3) is 0.0833. The van der Waals surface area contributed by atoms with Crippen molar-refractivity contribution >= 4 is 71.7 Å². The lowest BCUT2D eigenvalue weighted by Crippen LogP contribution is -2.29. The number of carbonyl (C=O) groups excluding carboxylic acids is 2. The number of phenols is 1. The van der Waals surface area contributed by atoms with Crippen molar-refractivity contribution in [3.63, 3.8) is 0 Å². The second-order valence-electron chi connectivity index (χ2n) is 7.57. The monoisotopic (exact) mass is 571 g/mol. The van der Waals surface area contributed by atoms with E-state index in [1.165, 1.54) is 53.9 Å². The van der Waals surface area contributed by atoms with Crippen molar-refractivity contribution in [1.29, 1.82) is 0 Å². The number of aromatic hydroxyl groups is 1. The second-order valence-corrected chi connectivity index (χ2v) is 9.87.